The fourth-order valence-corrected chi connectivity index (χ4v) is 1.20. The van der Waals surface area contributed by atoms with Crippen molar-refractivity contribution >= 4 is 17.3 Å². The summed E-state index contributed by atoms with van der Waals surface area (Å²) in [6.45, 7) is 1.66. The number of hydrogen-bond acceptors (Lipinski definition) is 5. The highest BCUT2D eigenvalue weighted by molar-refractivity contribution is 5.83. The van der Waals surface area contributed by atoms with Gasteiger partial charge in [0.15, 0.2) is 0 Å². The van der Waals surface area contributed by atoms with Crippen LogP contribution >= 0.6 is 0 Å². The summed E-state index contributed by atoms with van der Waals surface area (Å²) in [5.74, 6) is -0.486. The van der Waals surface area contributed by atoms with Crippen LogP contribution in [-0.2, 0) is 9.53 Å². The maximum Gasteiger partial charge on any atom is 0.332 e. The van der Waals surface area contributed by atoms with E-state index in [2.05, 4.69) is 10.1 Å². The molecule has 0 aliphatic carbocycles. The monoisotopic (exact) mass is 236 g/mol. The number of hydrogen-bond donors (Lipinski definition) is 1. The zero-order valence-electron chi connectivity index (χ0n) is 9.47. The Hall–Kier alpha value is -2.37. The smallest absolute Gasteiger partial charge is 0.332 e. The minimum Gasteiger partial charge on any atom is -0.466 e. The molecule has 0 unspecified atom stereocenters. The maximum absolute atomic E-state index is 10.9. The van der Waals surface area contributed by atoms with Crippen LogP contribution in [0.15, 0.2) is 36.0 Å². The van der Waals surface area contributed by atoms with Crippen LogP contribution in [0.5, 0.6) is 0 Å². The largest absolute Gasteiger partial charge is 0.466 e. The SMILES string of the molecule is COC(=O)/C=C(\C)Nc1cccc([N+](=O)[O-])c1. The Morgan fingerprint density at radius 3 is 2.82 bits per heavy atom. The van der Waals surface area contributed by atoms with Crippen LogP contribution in [0.1, 0.15) is 6.92 Å². The van der Waals surface area contributed by atoms with Gasteiger partial charge in [0.25, 0.3) is 5.69 Å². The first-order valence-corrected chi connectivity index (χ1v) is 4.80. The van der Waals surface area contributed by atoms with Gasteiger partial charge in [-0.15, -0.1) is 0 Å². The first-order chi connectivity index (χ1) is 8.02. The van der Waals surface area contributed by atoms with Crippen molar-refractivity contribution in [3.63, 3.8) is 0 Å². The van der Waals surface area contributed by atoms with Crippen LogP contribution in [0, 0.1) is 10.1 Å². The number of nitrogens with one attached hydrogen (secondary N) is 1. The molecular weight excluding hydrogens is 224 g/mol. The van der Waals surface area contributed by atoms with Gasteiger partial charge < -0.3 is 10.1 Å². The van der Waals surface area contributed by atoms with Gasteiger partial charge in [-0.2, -0.15) is 0 Å². The summed E-state index contributed by atoms with van der Waals surface area (Å²) in [6.07, 6.45) is 1.26. The third-order valence-corrected chi connectivity index (χ3v) is 1.93. The number of nitrogens with zero attached hydrogens (tertiary/aromatic N) is 1. The fraction of sp³-hybridized carbons (Fsp3) is 0.182. The molecule has 1 aromatic rings. The zero-order valence-corrected chi connectivity index (χ0v) is 9.47. The van der Waals surface area contributed by atoms with Crippen molar-refractivity contribution in [1.29, 1.82) is 0 Å². The van der Waals surface area contributed by atoms with Gasteiger partial charge in [-0.1, -0.05) is 6.07 Å². The molecule has 0 radical (unpaired) electrons. The highest BCUT2D eigenvalue weighted by Gasteiger charge is 2.05. The van der Waals surface area contributed by atoms with Crippen molar-refractivity contribution in [3.8, 4) is 0 Å². The minimum absolute atomic E-state index is 0.0131. The first-order valence-electron chi connectivity index (χ1n) is 4.80. The standard InChI is InChI=1S/C11H12N2O4/c1-8(6-11(14)17-2)12-9-4-3-5-10(7-9)13(15)16/h3-7,12H,1-2H3/b8-6+. The number of anilines is 1. The van der Waals surface area contributed by atoms with Gasteiger partial charge in [-0.25, -0.2) is 4.79 Å². The van der Waals surface area contributed by atoms with Crippen molar-refractivity contribution in [3.05, 3.63) is 46.2 Å². The van der Waals surface area contributed by atoms with Gasteiger partial charge in [0.2, 0.25) is 0 Å². The van der Waals surface area contributed by atoms with Gasteiger partial charge in [0.05, 0.1) is 12.0 Å². The second-order valence-corrected chi connectivity index (χ2v) is 3.28. The topological polar surface area (TPSA) is 81.5 Å². The zero-order chi connectivity index (χ0) is 12.8. The summed E-state index contributed by atoms with van der Waals surface area (Å²) in [7, 11) is 1.28. The molecule has 6 nitrogen and oxygen atoms in total. The molecule has 1 rings (SSSR count). The van der Waals surface area contributed by atoms with E-state index in [-0.39, 0.29) is 5.69 Å². The van der Waals surface area contributed by atoms with Gasteiger partial charge in [-0.05, 0) is 13.0 Å². The summed E-state index contributed by atoms with van der Waals surface area (Å²) >= 11 is 0. The van der Waals surface area contributed by atoms with E-state index in [0.29, 0.717) is 11.4 Å². The Bertz CT molecular complexity index is 468. The number of non-ortho nitro benzene ring substituents is 1. The second-order valence-electron chi connectivity index (χ2n) is 3.28. The van der Waals surface area contributed by atoms with Crippen molar-refractivity contribution in [1.82, 2.24) is 0 Å². The minimum atomic E-state index is -0.486. The van der Waals surface area contributed by atoms with Gasteiger partial charge in [0, 0.05) is 29.6 Å². The molecule has 90 valence electrons. The number of nitro groups is 1. The number of methoxy groups -OCH3 is 1. The number of benzene rings is 1. The van der Waals surface area contributed by atoms with E-state index in [0.717, 1.165) is 0 Å². The molecule has 0 saturated carbocycles. The predicted molar refractivity (Wildman–Crippen MR) is 62.5 cm³/mol. The fourth-order valence-electron chi connectivity index (χ4n) is 1.20. The van der Waals surface area contributed by atoms with Crippen LogP contribution in [0.4, 0.5) is 11.4 Å². The van der Waals surface area contributed by atoms with E-state index < -0.39 is 10.9 Å². The number of esters is 1. The molecule has 0 aliphatic heterocycles. The lowest BCUT2D eigenvalue weighted by atomic mass is 10.2. The number of ether oxygens (including phenoxy) is 1. The van der Waals surface area contributed by atoms with Crippen LogP contribution in [0.25, 0.3) is 0 Å². The average Bonchev–Trinajstić information content (AvgIpc) is 2.28. The molecule has 1 N–H and O–H groups in total. The van der Waals surface area contributed by atoms with Crippen molar-refractivity contribution in [2.45, 2.75) is 6.92 Å². The van der Waals surface area contributed by atoms with Crippen LogP contribution in [0.3, 0.4) is 0 Å². The Labute approximate surface area is 98.0 Å². The predicted octanol–water partition coefficient (Wildman–Crippen LogP) is 2.08. The second kappa shape index (κ2) is 5.64. The molecule has 6 heteroatoms. The van der Waals surface area contributed by atoms with Gasteiger partial charge >= 0.3 is 5.97 Å². The molecule has 0 heterocycles. The summed E-state index contributed by atoms with van der Waals surface area (Å²) in [4.78, 5) is 21.0. The molecule has 17 heavy (non-hydrogen) atoms. The Balaban J connectivity index is 2.81. The maximum atomic E-state index is 10.9. The normalized spacial score (nSPS) is 10.8. The number of nitro benzene ring substituents is 1. The van der Waals surface area contributed by atoms with E-state index in [1.54, 1.807) is 19.1 Å². The third kappa shape index (κ3) is 3.94. The van der Waals surface area contributed by atoms with E-state index in [1.807, 2.05) is 0 Å². The van der Waals surface area contributed by atoms with E-state index in [9.17, 15) is 14.9 Å². The average molecular weight is 236 g/mol. The highest BCUT2D eigenvalue weighted by Crippen LogP contribution is 2.18. The molecule has 0 atom stereocenters. The molecule has 0 bridgehead atoms. The van der Waals surface area contributed by atoms with Crippen molar-refractivity contribution in [2.75, 3.05) is 12.4 Å². The molecule has 0 saturated heterocycles. The quantitative estimate of drug-likeness (QED) is 0.374. The molecule has 0 amide bonds. The Morgan fingerprint density at radius 2 is 2.24 bits per heavy atom. The van der Waals surface area contributed by atoms with Crippen LogP contribution in [-0.4, -0.2) is 18.0 Å². The number of carbonyl (C=O) groups excluding carboxylic acids is 1. The lowest BCUT2D eigenvalue weighted by Gasteiger charge is -2.05. The van der Waals surface area contributed by atoms with Crippen molar-refractivity contribution < 1.29 is 14.5 Å². The Morgan fingerprint density at radius 1 is 1.53 bits per heavy atom. The molecular formula is C11H12N2O4. The van der Waals surface area contributed by atoms with Crippen LogP contribution in [0.2, 0.25) is 0 Å². The molecule has 0 aromatic heterocycles. The van der Waals surface area contributed by atoms with Gasteiger partial charge in [0.1, 0.15) is 0 Å². The number of carbonyl (C=O) groups is 1. The Kier molecular flexibility index (Phi) is 4.21. The highest BCUT2D eigenvalue weighted by atomic mass is 16.6. The van der Waals surface area contributed by atoms with Gasteiger partial charge in [-0.3, -0.25) is 10.1 Å². The lowest BCUT2D eigenvalue weighted by Crippen LogP contribution is -2.02. The molecule has 0 fully saturated rings. The van der Waals surface area contributed by atoms with E-state index >= 15 is 0 Å². The lowest BCUT2D eigenvalue weighted by molar-refractivity contribution is -0.384. The summed E-state index contributed by atoms with van der Waals surface area (Å²) < 4.78 is 4.46. The first kappa shape index (κ1) is 12.7. The third-order valence-electron chi connectivity index (χ3n) is 1.93. The summed E-state index contributed by atoms with van der Waals surface area (Å²) in [6, 6.07) is 6.01. The molecule has 0 spiro atoms. The summed E-state index contributed by atoms with van der Waals surface area (Å²) in [5.41, 5.74) is 1.06. The number of rotatable bonds is 4. The number of allylic oxidation sites excluding steroid dienone is 1. The van der Waals surface area contributed by atoms with Crippen LogP contribution < -0.4 is 5.32 Å². The molecule has 1 aromatic carbocycles. The van der Waals surface area contributed by atoms with Crippen molar-refractivity contribution in [2.24, 2.45) is 0 Å². The van der Waals surface area contributed by atoms with E-state index in [4.69, 9.17) is 0 Å². The summed E-state index contributed by atoms with van der Waals surface area (Å²) in [5, 5.41) is 13.4. The molecule has 0 aliphatic rings. The van der Waals surface area contributed by atoms with E-state index in [1.165, 1.54) is 25.3 Å².